The molecule has 1 aromatic heterocycles. The molecule has 2 N–H and O–H groups in total. The van der Waals surface area contributed by atoms with Crippen molar-refractivity contribution >= 4 is 28.6 Å². The fourth-order valence-corrected chi connectivity index (χ4v) is 4.96. The Hall–Kier alpha value is -4.46. The summed E-state index contributed by atoms with van der Waals surface area (Å²) in [4.78, 5) is 18.8. The van der Waals surface area contributed by atoms with Gasteiger partial charge in [-0.15, -0.1) is 0 Å². The van der Waals surface area contributed by atoms with Gasteiger partial charge >= 0.3 is 0 Å². The number of hydrogen-bond acceptors (Lipinski definition) is 6. The van der Waals surface area contributed by atoms with E-state index in [-0.39, 0.29) is 5.91 Å². The first-order valence-corrected chi connectivity index (χ1v) is 12.0. The summed E-state index contributed by atoms with van der Waals surface area (Å²) in [5, 5.41) is 6.48. The molecule has 4 aromatic rings. The molecule has 3 aromatic carbocycles. The third kappa shape index (κ3) is 4.14. The average molecular weight is 499 g/mol. The van der Waals surface area contributed by atoms with Crippen LogP contribution in [0, 0.1) is 13.8 Å². The highest BCUT2D eigenvalue weighted by Crippen LogP contribution is 2.46. The van der Waals surface area contributed by atoms with Crippen LogP contribution in [0.5, 0.6) is 17.2 Å². The molecule has 1 aliphatic heterocycles. The molecular formula is C29H30N4O4. The fourth-order valence-electron chi connectivity index (χ4n) is 4.96. The summed E-state index contributed by atoms with van der Waals surface area (Å²) in [5.41, 5.74) is 6.57. The molecule has 0 spiro atoms. The molecule has 0 aliphatic carbocycles. The lowest BCUT2D eigenvalue weighted by molar-refractivity contribution is -0.113. The number of para-hydroxylation sites is 2. The van der Waals surface area contributed by atoms with E-state index in [0.717, 1.165) is 33.4 Å². The van der Waals surface area contributed by atoms with Gasteiger partial charge in [-0.1, -0.05) is 29.8 Å². The molecule has 1 atom stereocenters. The number of allylic oxidation sites excluding steroid dienone is 1. The number of benzene rings is 3. The van der Waals surface area contributed by atoms with E-state index in [9.17, 15) is 4.79 Å². The van der Waals surface area contributed by atoms with Gasteiger partial charge in [-0.3, -0.25) is 9.36 Å². The maximum atomic E-state index is 14.0. The van der Waals surface area contributed by atoms with Crippen molar-refractivity contribution in [3.63, 3.8) is 0 Å². The van der Waals surface area contributed by atoms with Crippen LogP contribution < -0.4 is 24.8 Å². The minimum atomic E-state index is -0.552. The Morgan fingerprint density at radius 1 is 0.919 bits per heavy atom. The summed E-state index contributed by atoms with van der Waals surface area (Å²) < 4.78 is 19.0. The normalized spacial score (nSPS) is 14.7. The zero-order chi connectivity index (χ0) is 26.3. The SMILES string of the molecule is COc1cc(OC)c([C@H]2C(C(=O)Nc3ccc(C)cc3C)=C(C)Nc3nc4ccccc4n32)cc1OC. The van der Waals surface area contributed by atoms with Gasteiger partial charge in [0.2, 0.25) is 5.95 Å². The molecule has 0 fully saturated rings. The Morgan fingerprint density at radius 3 is 2.32 bits per heavy atom. The van der Waals surface area contributed by atoms with Crippen LogP contribution in [0.25, 0.3) is 11.0 Å². The third-order valence-electron chi connectivity index (χ3n) is 6.74. The van der Waals surface area contributed by atoms with E-state index in [1.807, 2.05) is 73.9 Å². The summed E-state index contributed by atoms with van der Waals surface area (Å²) in [6.07, 6.45) is 0. The smallest absolute Gasteiger partial charge is 0.255 e. The van der Waals surface area contributed by atoms with Crippen LogP contribution in [0.2, 0.25) is 0 Å². The van der Waals surface area contributed by atoms with Gasteiger partial charge in [-0.25, -0.2) is 4.98 Å². The zero-order valence-corrected chi connectivity index (χ0v) is 21.8. The van der Waals surface area contributed by atoms with E-state index in [1.54, 1.807) is 27.4 Å². The third-order valence-corrected chi connectivity index (χ3v) is 6.74. The Kier molecular flexibility index (Phi) is 6.25. The summed E-state index contributed by atoms with van der Waals surface area (Å²) in [6.45, 7) is 5.90. The molecule has 0 bridgehead atoms. The Morgan fingerprint density at radius 2 is 1.62 bits per heavy atom. The minimum Gasteiger partial charge on any atom is -0.496 e. The first kappa shape index (κ1) is 24.2. The number of amides is 1. The van der Waals surface area contributed by atoms with Crippen molar-refractivity contribution < 1.29 is 19.0 Å². The van der Waals surface area contributed by atoms with Gasteiger partial charge in [0.1, 0.15) is 5.75 Å². The summed E-state index contributed by atoms with van der Waals surface area (Å²) in [5.74, 6) is 2.06. The molecule has 8 nitrogen and oxygen atoms in total. The number of methoxy groups -OCH3 is 3. The number of ether oxygens (including phenoxy) is 3. The number of nitrogens with one attached hydrogen (secondary N) is 2. The fraction of sp³-hybridized carbons (Fsp3) is 0.241. The van der Waals surface area contributed by atoms with Crippen molar-refractivity contribution in [2.75, 3.05) is 32.0 Å². The van der Waals surface area contributed by atoms with Crippen LogP contribution in [0.15, 0.2) is 65.9 Å². The second-order valence-electron chi connectivity index (χ2n) is 9.08. The van der Waals surface area contributed by atoms with Crippen molar-refractivity contribution in [1.29, 1.82) is 0 Å². The number of nitrogens with zero attached hydrogens (tertiary/aromatic N) is 2. The molecule has 5 rings (SSSR count). The number of aromatic nitrogens is 2. The Labute approximate surface area is 215 Å². The van der Waals surface area contributed by atoms with Crippen molar-refractivity contribution in [2.24, 2.45) is 0 Å². The maximum Gasteiger partial charge on any atom is 0.255 e. The van der Waals surface area contributed by atoms with Gasteiger partial charge in [-0.2, -0.15) is 0 Å². The van der Waals surface area contributed by atoms with Crippen molar-refractivity contribution in [2.45, 2.75) is 26.8 Å². The minimum absolute atomic E-state index is 0.220. The van der Waals surface area contributed by atoms with Crippen LogP contribution in [0.4, 0.5) is 11.6 Å². The summed E-state index contributed by atoms with van der Waals surface area (Å²) in [6, 6.07) is 16.9. The molecule has 0 unspecified atom stereocenters. The quantitative estimate of drug-likeness (QED) is 0.360. The molecule has 0 saturated carbocycles. The van der Waals surface area contributed by atoms with Crippen molar-refractivity contribution in [3.05, 3.63) is 82.6 Å². The summed E-state index contributed by atoms with van der Waals surface area (Å²) in [7, 11) is 4.77. The first-order chi connectivity index (χ1) is 17.9. The lowest BCUT2D eigenvalue weighted by Gasteiger charge is -2.32. The number of fused-ring (bicyclic) bond motifs is 3. The van der Waals surface area contributed by atoms with E-state index >= 15 is 0 Å². The number of anilines is 2. The first-order valence-electron chi connectivity index (χ1n) is 12.0. The predicted molar refractivity (Wildman–Crippen MR) is 145 cm³/mol. The van der Waals surface area contributed by atoms with Gasteiger partial charge < -0.3 is 24.8 Å². The lowest BCUT2D eigenvalue weighted by Crippen LogP contribution is -2.31. The Bertz CT molecular complexity index is 1550. The average Bonchev–Trinajstić information content (AvgIpc) is 3.26. The predicted octanol–water partition coefficient (Wildman–Crippen LogP) is 5.61. The van der Waals surface area contributed by atoms with Gasteiger partial charge in [0.05, 0.1) is 44.0 Å². The second kappa shape index (κ2) is 9.54. The number of aryl methyl sites for hydroxylation is 2. The van der Waals surface area contributed by atoms with Crippen LogP contribution in [-0.2, 0) is 4.79 Å². The molecule has 0 radical (unpaired) electrons. The topological polar surface area (TPSA) is 86.6 Å². The molecule has 1 aliphatic rings. The second-order valence-corrected chi connectivity index (χ2v) is 9.08. The molecule has 0 saturated heterocycles. The molecule has 190 valence electrons. The van der Waals surface area contributed by atoms with E-state index in [2.05, 4.69) is 10.6 Å². The van der Waals surface area contributed by atoms with E-state index in [1.165, 1.54) is 0 Å². The number of carbonyl (C=O) groups is 1. The van der Waals surface area contributed by atoms with Crippen LogP contribution in [0.3, 0.4) is 0 Å². The van der Waals surface area contributed by atoms with E-state index in [4.69, 9.17) is 19.2 Å². The van der Waals surface area contributed by atoms with Gasteiger partial charge in [0, 0.05) is 23.0 Å². The monoisotopic (exact) mass is 498 g/mol. The zero-order valence-electron chi connectivity index (χ0n) is 21.8. The van der Waals surface area contributed by atoms with Crippen LogP contribution >= 0.6 is 0 Å². The highest BCUT2D eigenvalue weighted by Gasteiger charge is 2.36. The highest BCUT2D eigenvalue weighted by molar-refractivity contribution is 6.07. The standard InChI is InChI=1S/C29H30N4O4/c1-16-11-12-20(17(2)13-16)31-28(34)26-18(3)30-29-32-21-9-7-8-10-22(21)33(29)27(26)19-14-24(36-5)25(37-6)15-23(19)35-4/h7-15,27H,1-6H3,(H,30,32)(H,31,34)/t27-/m0/s1. The van der Waals surface area contributed by atoms with Crippen LogP contribution in [0.1, 0.15) is 29.7 Å². The number of hydrogen-bond donors (Lipinski definition) is 2. The molecule has 2 heterocycles. The van der Waals surface area contributed by atoms with Gasteiger partial charge in [0.15, 0.2) is 11.5 Å². The highest BCUT2D eigenvalue weighted by atomic mass is 16.5. The number of carbonyl (C=O) groups excluding carboxylic acids is 1. The molecule has 8 heteroatoms. The van der Waals surface area contributed by atoms with Crippen molar-refractivity contribution in [3.8, 4) is 17.2 Å². The van der Waals surface area contributed by atoms with E-state index < -0.39 is 6.04 Å². The lowest BCUT2D eigenvalue weighted by atomic mass is 9.93. The Balaban J connectivity index is 1.73. The van der Waals surface area contributed by atoms with Crippen LogP contribution in [-0.4, -0.2) is 36.8 Å². The van der Waals surface area contributed by atoms with Gasteiger partial charge in [0.25, 0.3) is 5.91 Å². The molecule has 1 amide bonds. The molecular weight excluding hydrogens is 468 g/mol. The largest absolute Gasteiger partial charge is 0.496 e. The molecule has 37 heavy (non-hydrogen) atoms. The maximum absolute atomic E-state index is 14.0. The van der Waals surface area contributed by atoms with E-state index in [0.29, 0.717) is 34.5 Å². The summed E-state index contributed by atoms with van der Waals surface area (Å²) >= 11 is 0. The van der Waals surface area contributed by atoms with Gasteiger partial charge in [-0.05, 0) is 50.6 Å². The van der Waals surface area contributed by atoms with Crippen molar-refractivity contribution in [1.82, 2.24) is 9.55 Å². The number of imidazole rings is 1. The number of rotatable bonds is 6.